The van der Waals surface area contributed by atoms with E-state index in [-0.39, 0.29) is 0 Å². The lowest BCUT2D eigenvalue weighted by molar-refractivity contribution is 1.18. The molecule has 9 aromatic rings. The number of hydrogen-bond acceptors (Lipinski definition) is 3. The fourth-order valence-corrected chi connectivity index (χ4v) is 7.04. The highest BCUT2D eigenvalue weighted by molar-refractivity contribution is 6.03. The normalized spacial score (nSPS) is 11.1. The van der Waals surface area contributed by atoms with E-state index in [1.165, 1.54) is 21.5 Å². The van der Waals surface area contributed by atoms with Crippen LogP contribution in [0.2, 0.25) is 0 Å². The van der Waals surface area contributed by atoms with Gasteiger partial charge >= 0.3 is 0 Å². The maximum atomic E-state index is 9.43. The highest BCUT2D eigenvalue weighted by Crippen LogP contribution is 2.41. The predicted octanol–water partition coefficient (Wildman–Crippen LogP) is 12.7. The molecular weight excluding hydrogens is 631 g/mol. The van der Waals surface area contributed by atoms with Gasteiger partial charge in [-0.25, -0.2) is 9.97 Å². The lowest BCUT2D eigenvalue weighted by Gasteiger charge is -2.16. The van der Waals surface area contributed by atoms with Crippen molar-refractivity contribution in [3.63, 3.8) is 0 Å². The molecular formula is C49H31N3. The van der Waals surface area contributed by atoms with Gasteiger partial charge in [-0.15, -0.1) is 0 Å². The lowest BCUT2D eigenvalue weighted by atomic mass is 9.87. The third-order valence-corrected chi connectivity index (χ3v) is 9.70. The molecule has 0 spiro atoms. The van der Waals surface area contributed by atoms with Crippen LogP contribution < -0.4 is 0 Å². The summed E-state index contributed by atoms with van der Waals surface area (Å²) in [6.07, 6.45) is 0. The molecule has 0 amide bonds. The number of nitrogens with zero attached hydrogens (tertiary/aromatic N) is 3. The van der Waals surface area contributed by atoms with Crippen molar-refractivity contribution in [2.24, 2.45) is 0 Å². The molecule has 0 radical (unpaired) electrons. The number of hydrogen-bond donors (Lipinski definition) is 0. The molecule has 242 valence electrons. The summed E-state index contributed by atoms with van der Waals surface area (Å²) in [5.41, 5.74) is 12.3. The van der Waals surface area contributed by atoms with Gasteiger partial charge in [0, 0.05) is 16.7 Å². The van der Waals surface area contributed by atoms with Crippen molar-refractivity contribution in [3.05, 3.63) is 194 Å². The molecule has 0 fully saturated rings. The first-order valence-corrected chi connectivity index (χ1v) is 17.4. The molecule has 8 aromatic carbocycles. The third kappa shape index (κ3) is 5.89. The average molecular weight is 662 g/mol. The van der Waals surface area contributed by atoms with Crippen LogP contribution in [0.3, 0.4) is 0 Å². The lowest BCUT2D eigenvalue weighted by Crippen LogP contribution is -1.96. The topological polar surface area (TPSA) is 49.6 Å². The number of nitriles is 1. The van der Waals surface area contributed by atoms with Crippen molar-refractivity contribution < 1.29 is 0 Å². The fourth-order valence-electron chi connectivity index (χ4n) is 7.04. The van der Waals surface area contributed by atoms with Gasteiger partial charge in [-0.2, -0.15) is 5.26 Å². The molecule has 3 heteroatoms. The Morgan fingerprint density at radius 1 is 0.346 bits per heavy atom. The van der Waals surface area contributed by atoms with Crippen LogP contribution in [0.15, 0.2) is 188 Å². The minimum absolute atomic E-state index is 0.652. The summed E-state index contributed by atoms with van der Waals surface area (Å²) in [7, 11) is 0. The maximum absolute atomic E-state index is 9.43. The Kier molecular flexibility index (Phi) is 7.89. The van der Waals surface area contributed by atoms with Gasteiger partial charge in [0.25, 0.3) is 0 Å². The van der Waals surface area contributed by atoms with Crippen molar-refractivity contribution in [3.8, 4) is 73.4 Å². The zero-order valence-electron chi connectivity index (χ0n) is 28.2. The quantitative estimate of drug-likeness (QED) is 0.178. The summed E-state index contributed by atoms with van der Waals surface area (Å²) in [5, 5.41) is 14.2. The maximum Gasteiger partial charge on any atom is 0.160 e. The summed E-state index contributed by atoms with van der Waals surface area (Å²) in [6, 6.07) is 67.7. The highest BCUT2D eigenvalue weighted by Gasteiger charge is 2.15. The summed E-state index contributed by atoms with van der Waals surface area (Å²) >= 11 is 0. The number of fused-ring (bicyclic) bond motifs is 2. The molecule has 1 heterocycles. The first-order valence-electron chi connectivity index (χ1n) is 17.4. The van der Waals surface area contributed by atoms with E-state index in [2.05, 4.69) is 133 Å². The largest absolute Gasteiger partial charge is 0.228 e. The second-order valence-electron chi connectivity index (χ2n) is 13.0. The first-order chi connectivity index (χ1) is 25.7. The Morgan fingerprint density at radius 2 is 0.827 bits per heavy atom. The van der Waals surface area contributed by atoms with E-state index in [1.807, 2.05) is 60.7 Å². The Hall–Kier alpha value is -7.15. The first kappa shape index (κ1) is 30.9. The van der Waals surface area contributed by atoms with Crippen LogP contribution in [-0.4, -0.2) is 9.97 Å². The van der Waals surface area contributed by atoms with Crippen LogP contribution >= 0.6 is 0 Å². The number of rotatable bonds is 6. The van der Waals surface area contributed by atoms with Crippen molar-refractivity contribution >= 4 is 21.5 Å². The van der Waals surface area contributed by atoms with E-state index in [1.54, 1.807) is 0 Å². The molecule has 9 rings (SSSR count). The van der Waals surface area contributed by atoms with Gasteiger partial charge in [-0.05, 0) is 97.4 Å². The average Bonchev–Trinajstić information content (AvgIpc) is 3.23. The van der Waals surface area contributed by atoms with E-state index < -0.39 is 0 Å². The second kappa shape index (κ2) is 13.3. The molecule has 0 atom stereocenters. The van der Waals surface area contributed by atoms with Crippen LogP contribution in [0.25, 0.3) is 88.8 Å². The van der Waals surface area contributed by atoms with Gasteiger partial charge in [0.15, 0.2) is 5.82 Å². The van der Waals surface area contributed by atoms with Crippen molar-refractivity contribution in [2.45, 2.75) is 0 Å². The molecule has 52 heavy (non-hydrogen) atoms. The molecule has 0 aliphatic heterocycles. The van der Waals surface area contributed by atoms with Gasteiger partial charge in [-0.3, -0.25) is 0 Å². The van der Waals surface area contributed by atoms with Gasteiger partial charge in [0.1, 0.15) is 0 Å². The predicted molar refractivity (Wildman–Crippen MR) is 214 cm³/mol. The van der Waals surface area contributed by atoms with Crippen molar-refractivity contribution in [1.29, 1.82) is 5.26 Å². The fraction of sp³-hybridized carbons (Fsp3) is 0. The highest BCUT2D eigenvalue weighted by atomic mass is 14.9. The summed E-state index contributed by atoms with van der Waals surface area (Å²) in [4.78, 5) is 10.0. The Bertz CT molecular complexity index is 2710. The molecule has 1 aromatic heterocycles. The number of benzene rings is 8. The molecule has 0 unspecified atom stereocenters. The number of aromatic nitrogens is 2. The van der Waals surface area contributed by atoms with Crippen molar-refractivity contribution in [2.75, 3.05) is 0 Å². The zero-order chi connectivity index (χ0) is 34.9. The Labute approximate surface area is 302 Å². The molecule has 3 nitrogen and oxygen atoms in total. The van der Waals surface area contributed by atoms with Gasteiger partial charge in [-0.1, -0.05) is 146 Å². The van der Waals surface area contributed by atoms with E-state index in [9.17, 15) is 5.26 Å². The molecule has 0 aliphatic rings. The van der Waals surface area contributed by atoms with Gasteiger partial charge in [0.05, 0.1) is 23.0 Å². The Balaban J connectivity index is 1.19. The van der Waals surface area contributed by atoms with Crippen molar-refractivity contribution in [1.82, 2.24) is 9.97 Å². The smallest absolute Gasteiger partial charge is 0.160 e. The standard InChI is InChI=1S/C49H31N3/c50-32-33-19-21-34(22-20-33)44-30-42(27-41-17-9-10-18-43(41)44)46-29-40-16-8-7-15-39(40)28-45(46)35-23-25-37(26-24-35)48-31-47(36-11-3-1-4-12-36)51-49(52-48)38-13-5-2-6-14-38/h1-31H. The van der Waals surface area contributed by atoms with E-state index >= 15 is 0 Å². The molecule has 0 N–H and O–H groups in total. The minimum atomic E-state index is 0.652. The SMILES string of the molecule is N#Cc1ccc(-c2cc(-c3cc4ccccc4cc3-c3ccc(-c4cc(-c5ccccc5)nc(-c5ccccc5)n4)cc3)cc3ccccc23)cc1. The van der Waals surface area contributed by atoms with Crippen LogP contribution in [0.1, 0.15) is 5.56 Å². The third-order valence-electron chi connectivity index (χ3n) is 9.70. The van der Waals surface area contributed by atoms with Crippen LogP contribution in [0.5, 0.6) is 0 Å². The Morgan fingerprint density at radius 3 is 1.46 bits per heavy atom. The molecule has 0 saturated carbocycles. The van der Waals surface area contributed by atoms with Crippen LogP contribution in [-0.2, 0) is 0 Å². The zero-order valence-corrected chi connectivity index (χ0v) is 28.2. The molecule has 0 bridgehead atoms. The summed E-state index contributed by atoms with van der Waals surface area (Å²) < 4.78 is 0. The van der Waals surface area contributed by atoms with E-state index in [0.29, 0.717) is 11.4 Å². The van der Waals surface area contributed by atoms with Crippen LogP contribution in [0.4, 0.5) is 0 Å². The summed E-state index contributed by atoms with van der Waals surface area (Å²) in [5.74, 6) is 0.701. The molecule has 0 saturated heterocycles. The van der Waals surface area contributed by atoms with Gasteiger partial charge in [0.2, 0.25) is 0 Å². The monoisotopic (exact) mass is 661 g/mol. The van der Waals surface area contributed by atoms with Crippen LogP contribution in [0, 0.1) is 11.3 Å². The van der Waals surface area contributed by atoms with E-state index in [0.717, 1.165) is 61.5 Å². The van der Waals surface area contributed by atoms with Gasteiger partial charge < -0.3 is 0 Å². The molecule has 0 aliphatic carbocycles. The minimum Gasteiger partial charge on any atom is -0.228 e. The second-order valence-corrected chi connectivity index (χ2v) is 13.0. The van der Waals surface area contributed by atoms with E-state index in [4.69, 9.17) is 9.97 Å². The summed E-state index contributed by atoms with van der Waals surface area (Å²) in [6.45, 7) is 0.